The first-order chi connectivity index (χ1) is 23.9. The summed E-state index contributed by atoms with van der Waals surface area (Å²) in [6.07, 6.45) is 0. The van der Waals surface area contributed by atoms with E-state index in [-0.39, 0.29) is 44.5 Å². The number of benzene rings is 4. The lowest BCUT2D eigenvalue weighted by Gasteiger charge is -2.16. The van der Waals surface area contributed by atoms with Gasteiger partial charge < -0.3 is 0 Å². The third-order valence-electron chi connectivity index (χ3n) is 8.08. The first-order valence-electron chi connectivity index (χ1n) is 13.5. The molecule has 0 amide bonds. The van der Waals surface area contributed by atoms with Crippen LogP contribution in [0.1, 0.15) is 27.8 Å². The van der Waals surface area contributed by atoms with Crippen molar-refractivity contribution in [2.24, 2.45) is 0 Å². The predicted molar refractivity (Wildman–Crippen MR) is 159 cm³/mol. The molecule has 236 valence electrons. The molecule has 0 spiro atoms. The van der Waals surface area contributed by atoms with Crippen molar-refractivity contribution in [1.82, 2.24) is 0 Å². The van der Waals surface area contributed by atoms with E-state index >= 15 is 17.6 Å². The van der Waals surface area contributed by atoms with E-state index < -0.39 is 91.4 Å². The Balaban J connectivity index is 1.67. The van der Waals surface area contributed by atoms with Gasteiger partial charge >= 0.3 is 0 Å². The lowest BCUT2D eigenvalue weighted by molar-refractivity contribution is 0.454. The maximum absolute atomic E-state index is 15.1. The van der Waals surface area contributed by atoms with Crippen LogP contribution in [0.5, 0.6) is 0 Å². The van der Waals surface area contributed by atoms with Crippen LogP contribution in [0, 0.1) is 100 Å². The van der Waals surface area contributed by atoms with Crippen molar-refractivity contribution >= 4 is 28.0 Å². The van der Waals surface area contributed by atoms with Crippen molar-refractivity contribution in [2.45, 2.75) is 0 Å². The van der Waals surface area contributed by atoms with Gasteiger partial charge in [0.25, 0.3) is 17.1 Å². The quantitative estimate of drug-likeness (QED) is 0.0919. The van der Waals surface area contributed by atoms with Crippen LogP contribution in [0.2, 0.25) is 0 Å². The molecule has 0 bridgehead atoms. The van der Waals surface area contributed by atoms with Crippen molar-refractivity contribution in [2.75, 3.05) is 0 Å². The fraction of sp³-hybridized carbons (Fsp3) is 0. The molecule has 0 saturated carbocycles. The molecule has 0 aliphatic heterocycles. The second kappa shape index (κ2) is 11.6. The second-order valence-electron chi connectivity index (χ2n) is 10.4. The third kappa shape index (κ3) is 4.21. The Bertz CT molecular complexity index is 2420. The minimum Gasteiger partial charge on any atom is -0.232 e. The highest BCUT2D eigenvalue weighted by atomic mass is 19.2. The number of allylic oxidation sites excluding steroid dienone is 6. The van der Waals surface area contributed by atoms with E-state index in [0.29, 0.717) is 0 Å². The molecule has 0 saturated heterocycles. The molecule has 0 heterocycles. The molecule has 4 aromatic carbocycles. The largest absolute Gasteiger partial charge is 0.270 e. The molecule has 6 nitrogen and oxygen atoms in total. The van der Waals surface area contributed by atoms with E-state index in [1.807, 2.05) is 0 Å². The topological polar surface area (TPSA) is 84.4 Å². The van der Waals surface area contributed by atoms with Crippen LogP contribution in [0.25, 0.3) is 59.1 Å². The maximum Gasteiger partial charge on any atom is 0.270 e. The van der Waals surface area contributed by atoms with Gasteiger partial charge in [-0.25, -0.2) is 60.2 Å². The summed E-state index contributed by atoms with van der Waals surface area (Å²) < 4.78 is 119. The van der Waals surface area contributed by atoms with Crippen molar-refractivity contribution in [1.29, 1.82) is 15.8 Å². The van der Waals surface area contributed by atoms with E-state index in [2.05, 4.69) is 14.5 Å². The summed E-state index contributed by atoms with van der Waals surface area (Å²) >= 11 is 0. The SMILES string of the molecule is [C-]#[N+]/C(C#N)=C1C2=C(/C(=C(\C#N)[N+]#[C-])c3cc(-c4c(F)c(F)c([N+]#[C-])c(F)c4F)ccc32)c2ccc(-c3c(F)c(F)c(C#N)c(F)c3F)cc2\1. The normalized spacial score (nSPS) is 14.3. The molecule has 0 unspecified atom stereocenters. The average Bonchev–Trinajstić information content (AvgIpc) is 3.61. The average molecular weight is 674 g/mol. The Hall–Kier alpha value is -7.52. The Kier molecular flexibility index (Phi) is 7.54. The van der Waals surface area contributed by atoms with Gasteiger partial charge in [0, 0.05) is 11.1 Å². The lowest BCUT2D eigenvalue weighted by Crippen LogP contribution is -2.04. The molecule has 6 rings (SSSR count). The predicted octanol–water partition coefficient (Wildman–Crippen LogP) is 9.80. The van der Waals surface area contributed by atoms with Crippen molar-refractivity contribution in [3.05, 3.63) is 156 Å². The molecular formula is C36H6F8N6. The Morgan fingerprint density at radius 1 is 0.520 bits per heavy atom. The van der Waals surface area contributed by atoms with E-state index in [0.717, 1.165) is 36.4 Å². The van der Waals surface area contributed by atoms with E-state index in [1.165, 1.54) is 6.07 Å². The highest BCUT2D eigenvalue weighted by Gasteiger charge is 2.41. The number of halogens is 8. The molecule has 0 fully saturated rings. The number of hydrogen-bond donors (Lipinski definition) is 0. The van der Waals surface area contributed by atoms with Gasteiger partial charge in [0.15, 0.2) is 46.5 Å². The van der Waals surface area contributed by atoms with Gasteiger partial charge in [-0.15, -0.1) is 0 Å². The summed E-state index contributed by atoms with van der Waals surface area (Å²) in [5.41, 5.74) is -8.24. The second-order valence-corrected chi connectivity index (χ2v) is 10.4. The van der Waals surface area contributed by atoms with Crippen LogP contribution in [0.4, 0.5) is 40.8 Å². The Morgan fingerprint density at radius 3 is 1.22 bits per heavy atom. The van der Waals surface area contributed by atoms with Crippen LogP contribution in [-0.2, 0) is 0 Å². The number of rotatable bonds is 2. The summed E-state index contributed by atoms with van der Waals surface area (Å²) in [6, 6.07) is 10.8. The van der Waals surface area contributed by atoms with Crippen molar-refractivity contribution in [3.63, 3.8) is 0 Å². The molecule has 14 heteroatoms. The van der Waals surface area contributed by atoms with Gasteiger partial charge in [-0.05, 0) is 56.7 Å². The van der Waals surface area contributed by atoms with Crippen LogP contribution in [0.3, 0.4) is 0 Å². The van der Waals surface area contributed by atoms with E-state index in [9.17, 15) is 28.1 Å². The lowest BCUT2D eigenvalue weighted by atomic mass is 9.88. The van der Waals surface area contributed by atoms with Gasteiger partial charge in [0.1, 0.15) is 11.6 Å². The fourth-order valence-corrected chi connectivity index (χ4v) is 6.03. The highest BCUT2D eigenvalue weighted by Crippen LogP contribution is 2.60. The first-order valence-corrected chi connectivity index (χ1v) is 13.5. The summed E-state index contributed by atoms with van der Waals surface area (Å²) in [4.78, 5) is 8.93. The minimum absolute atomic E-state index is 0.00237. The van der Waals surface area contributed by atoms with Crippen LogP contribution >= 0.6 is 0 Å². The summed E-state index contributed by atoms with van der Waals surface area (Å²) in [5, 5.41) is 28.8. The monoisotopic (exact) mass is 674 g/mol. The molecule has 50 heavy (non-hydrogen) atoms. The van der Waals surface area contributed by atoms with Gasteiger partial charge in [-0.1, -0.05) is 24.3 Å². The zero-order valence-electron chi connectivity index (χ0n) is 24.2. The number of hydrogen-bond acceptors (Lipinski definition) is 3. The van der Waals surface area contributed by atoms with E-state index in [1.54, 1.807) is 12.1 Å². The third-order valence-corrected chi connectivity index (χ3v) is 8.08. The van der Waals surface area contributed by atoms with Gasteiger partial charge in [0.05, 0.1) is 43.0 Å². The summed E-state index contributed by atoms with van der Waals surface area (Å²) in [6.45, 7) is 22.2. The Morgan fingerprint density at radius 2 is 0.900 bits per heavy atom. The minimum atomic E-state index is -1.97. The van der Waals surface area contributed by atoms with Gasteiger partial charge in [-0.2, -0.15) is 5.26 Å². The summed E-state index contributed by atoms with van der Waals surface area (Å²) in [7, 11) is 0. The number of nitriles is 3. The van der Waals surface area contributed by atoms with Crippen LogP contribution in [-0.4, -0.2) is 0 Å². The first kappa shape index (κ1) is 32.4. The molecular weight excluding hydrogens is 668 g/mol. The van der Waals surface area contributed by atoms with E-state index in [4.69, 9.17) is 25.0 Å². The van der Waals surface area contributed by atoms with Gasteiger partial charge in [0.2, 0.25) is 0 Å². The highest BCUT2D eigenvalue weighted by molar-refractivity contribution is 6.37. The van der Waals surface area contributed by atoms with Crippen LogP contribution in [0.15, 0.2) is 47.8 Å². The Labute approximate surface area is 275 Å². The standard InChI is InChI=1S/C36H6F8N6/c1-48-20(11-46)24-17-8-13(22-30(39)28(37)19(10-45)29(38)31(22)40)4-6-15(17)26-25(21(12-47)49-2)18-9-14(5-7-16(18)27(24)26)23-32(41)34(43)36(50-3)35(44)33(23)42/h4-9H/b24-20-,25-21+. The van der Waals surface area contributed by atoms with Crippen molar-refractivity contribution in [3.8, 4) is 40.5 Å². The molecule has 0 radical (unpaired) electrons. The molecule has 2 aliphatic rings. The zero-order valence-corrected chi connectivity index (χ0v) is 24.2. The fourth-order valence-electron chi connectivity index (χ4n) is 6.03. The molecule has 4 aromatic rings. The zero-order chi connectivity index (χ0) is 36.3. The number of fused-ring (bicyclic) bond motifs is 4. The summed E-state index contributed by atoms with van der Waals surface area (Å²) in [5.74, 6) is -15.5. The van der Waals surface area contributed by atoms with Crippen molar-refractivity contribution < 1.29 is 35.1 Å². The molecule has 0 aromatic heterocycles. The molecule has 0 N–H and O–H groups in total. The molecule has 0 atom stereocenters. The van der Waals surface area contributed by atoms with Crippen LogP contribution < -0.4 is 0 Å². The molecule has 2 aliphatic carbocycles. The smallest absolute Gasteiger partial charge is 0.232 e. The number of nitrogens with zero attached hydrogens (tertiary/aromatic N) is 6. The van der Waals surface area contributed by atoms with Gasteiger partial charge in [-0.3, -0.25) is 0 Å². The maximum atomic E-state index is 15.1.